The minimum atomic E-state index is -1.14. The molecule has 0 aliphatic heterocycles. The number of hydrogen-bond acceptors (Lipinski definition) is 8. The van der Waals surface area contributed by atoms with Gasteiger partial charge in [-0.3, -0.25) is 30.7 Å². The predicted octanol–water partition coefficient (Wildman–Crippen LogP) is 2.56. The number of halogens is 2. The first-order valence-corrected chi connectivity index (χ1v) is 7.64. The number of carbonyl (C=O) groups excluding carboxylic acids is 1. The van der Waals surface area contributed by atoms with Crippen molar-refractivity contribution in [1.29, 1.82) is 0 Å². The van der Waals surface area contributed by atoms with Gasteiger partial charge in [0.05, 0.1) is 4.92 Å². The molecule has 0 saturated carbocycles. The van der Waals surface area contributed by atoms with Crippen molar-refractivity contribution >= 4 is 28.9 Å². The molecule has 0 bridgehead atoms. The Balaban J connectivity index is 1.84. The highest BCUT2D eigenvalue weighted by molar-refractivity contribution is 5.93. The molecule has 0 aliphatic carbocycles. The molecule has 28 heavy (non-hydrogen) atoms. The molecule has 1 amide bonds. The Hall–Kier alpha value is -4.22. The number of rotatable bonds is 6. The molecule has 0 saturated heterocycles. The average molecular weight is 387 g/mol. The van der Waals surface area contributed by atoms with E-state index in [-0.39, 0.29) is 23.0 Å². The van der Waals surface area contributed by atoms with Gasteiger partial charge in [0.1, 0.15) is 12.0 Å². The third kappa shape index (κ3) is 4.12. The molecule has 2 heterocycles. The van der Waals surface area contributed by atoms with Gasteiger partial charge in [0, 0.05) is 18.0 Å². The molecule has 0 radical (unpaired) electrons. The van der Waals surface area contributed by atoms with Crippen LogP contribution in [0.3, 0.4) is 0 Å². The largest absolute Gasteiger partial charge is 0.355 e. The van der Waals surface area contributed by atoms with Crippen LogP contribution in [-0.2, 0) is 0 Å². The fraction of sp³-hybridized carbons (Fsp3) is 0. The standard InChI is InChI=1S/C16H11F2N7O3/c17-10-5-4-9(7-11(10)18)22-14-13(25(27)28)15(21-8-20-14)23-24-16(26)12-3-1-2-6-19-12/h1-8H,(H,24,26)(H2,20,21,22,23). The van der Waals surface area contributed by atoms with Gasteiger partial charge in [0.25, 0.3) is 5.91 Å². The van der Waals surface area contributed by atoms with Crippen molar-refractivity contribution < 1.29 is 18.5 Å². The van der Waals surface area contributed by atoms with Gasteiger partial charge in [0.15, 0.2) is 11.6 Å². The Morgan fingerprint density at radius 1 is 1.04 bits per heavy atom. The quantitative estimate of drug-likeness (QED) is 0.434. The molecule has 0 aliphatic rings. The number of pyridine rings is 1. The Bertz CT molecular complexity index is 1030. The Morgan fingerprint density at radius 2 is 1.82 bits per heavy atom. The van der Waals surface area contributed by atoms with Crippen molar-refractivity contribution in [3.05, 3.63) is 76.4 Å². The summed E-state index contributed by atoms with van der Waals surface area (Å²) in [6.07, 6.45) is 2.40. The van der Waals surface area contributed by atoms with E-state index < -0.39 is 28.2 Å². The molecule has 0 unspecified atom stereocenters. The number of anilines is 3. The maximum Gasteiger partial charge on any atom is 0.355 e. The van der Waals surface area contributed by atoms with Gasteiger partial charge in [-0.15, -0.1) is 0 Å². The first-order chi connectivity index (χ1) is 13.5. The summed E-state index contributed by atoms with van der Waals surface area (Å²) in [5.41, 5.74) is 4.06. The molecule has 1 aromatic carbocycles. The first kappa shape index (κ1) is 18.6. The first-order valence-electron chi connectivity index (χ1n) is 7.64. The van der Waals surface area contributed by atoms with Gasteiger partial charge >= 0.3 is 5.69 Å². The Kier molecular flexibility index (Phi) is 5.30. The summed E-state index contributed by atoms with van der Waals surface area (Å²) < 4.78 is 26.4. The highest BCUT2D eigenvalue weighted by atomic mass is 19.2. The number of nitrogens with one attached hydrogen (secondary N) is 3. The monoisotopic (exact) mass is 387 g/mol. The number of nitro groups is 1. The summed E-state index contributed by atoms with van der Waals surface area (Å²) in [4.78, 5) is 34.0. The lowest BCUT2D eigenvalue weighted by atomic mass is 10.3. The third-order valence-corrected chi connectivity index (χ3v) is 3.38. The number of amides is 1. The third-order valence-electron chi connectivity index (χ3n) is 3.38. The lowest BCUT2D eigenvalue weighted by molar-refractivity contribution is -0.383. The van der Waals surface area contributed by atoms with Crippen LogP contribution in [0.5, 0.6) is 0 Å². The number of nitrogens with zero attached hydrogens (tertiary/aromatic N) is 4. The van der Waals surface area contributed by atoms with E-state index in [4.69, 9.17) is 0 Å². The van der Waals surface area contributed by atoms with E-state index in [1.54, 1.807) is 12.1 Å². The van der Waals surface area contributed by atoms with E-state index in [0.717, 1.165) is 18.5 Å². The van der Waals surface area contributed by atoms with Crippen molar-refractivity contribution in [3.8, 4) is 0 Å². The van der Waals surface area contributed by atoms with Crippen LogP contribution in [0.25, 0.3) is 0 Å². The Morgan fingerprint density at radius 3 is 2.50 bits per heavy atom. The van der Waals surface area contributed by atoms with Crippen LogP contribution in [-0.4, -0.2) is 25.8 Å². The molecule has 142 valence electrons. The van der Waals surface area contributed by atoms with Crippen LogP contribution in [0.1, 0.15) is 10.5 Å². The summed E-state index contributed by atoms with van der Waals surface area (Å²) in [5.74, 6) is -3.47. The molecule has 10 nitrogen and oxygen atoms in total. The van der Waals surface area contributed by atoms with E-state index in [2.05, 4.69) is 31.1 Å². The van der Waals surface area contributed by atoms with Crippen molar-refractivity contribution in [3.63, 3.8) is 0 Å². The van der Waals surface area contributed by atoms with Crippen molar-refractivity contribution in [2.45, 2.75) is 0 Å². The fourth-order valence-corrected chi connectivity index (χ4v) is 2.12. The number of benzene rings is 1. The second-order valence-electron chi connectivity index (χ2n) is 5.22. The van der Waals surface area contributed by atoms with Gasteiger partial charge in [-0.2, -0.15) is 0 Å². The highest BCUT2D eigenvalue weighted by Gasteiger charge is 2.24. The number of hydrogen-bond donors (Lipinski definition) is 3. The molecular formula is C16H11F2N7O3. The molecule has 3 rings (SSSR count). The zero-order valence-electron chi connectivity index (χ0n) is 13.9. The van der Waals surface area contributed by atoms with E-state index in [1.807, 2.05) is 0 Å². The van der Waals surface area contributed by atoms with Crippen LogP contribution >= 0.6 is 0 Å². The molecule has 12 heteroatoms. The van der Waals surface area contributed by atoms with Crippen molar-refractivity contribution in [2.75, 3.05) is 10.7 Å². The SMILES string of the molecule is O=C(NNc1ncnc(Nc2ccc(F)c(F)c2)c1[N+](=O)[O-])c1ccccn1. The van der Waals surface area contributed by atoms with Crippen molar-refractivity contribution in [2.24, 2.45) is 0 Å². The molecular weight excluding hydrogens is 376 g/mol. The Labute approximate surface area is 155 Å². The smallest absolute Gasteiger partial charge is 0.334 e. The van der Waals surface area contributed by atoms with E-state index >= 15 is 0 Å². The molecule has 3 aromatic rings. The maximum atomic E-state index is 13.3. The highest BCUT2D eigenvalue weighted by Crippen LogP contribution is 2.31. The number of carbonyl (C=O) groups is 1. The van der Waals surface area contributed by atoms with Crippen LogP contribution in [0.4, 0.5) is 31.8 Å². The maximum absolute atomic E-state index is 13.3. The van der Waals surface area contributed by atoms with E-state index in [0.29, 0.717) is 0 Å². The molecule has 0 atom stereocenters. The second kappa shape index (κ2) is 7.99. The van der Waals surface area contributed by atoms with E-state index in [9.17, 15) is 23.7 Å². The minimum Gasteiger partial charge on any atom is -0.334 e. The second-order valence-corrected chi connectivity index (χ2v) is 5.22. The summed E-state index contributed by atoms with van der Waals surface area (Å²) in [6.45, 7) is 0. The molecule has 0 fully saturated rings. The fourth-order valence-electron chi connectivity index (χ4n) is 2.12. The molecule has 2 aromatic heterocycles. The zero-order valence-corrected chi connectivity index (χ0v) is 13.9. The number of aromatic nitrogens is 3. The van der Waals surface area contributed by atoms with Crippen LogP contribution < -0.4 is 16.2 Å². The van der Waals surface area contributed by atoms with Gasteiger partial charge < -0.3 is 5.32 Å². The van der Waals surface area contributed by atoms with Gasteiger partial charge in [-0.25, -0.2) is 18.7 Å². The molecule has 0 spiro atoms. The average Bonchev–Trinajstić information content (AvgIpc) is 2.69. The van der Waals surface area contributed by atoms with Gasteiger partial charge in [0.2, 0.25) is 11.6 Å². The summed E-state index contributed by atoms with van der Waals surface area (Å²) in [6, 6.07) is 7.52. The topological polar surface area (TPSA) is 135 Å². The lowest BCUT2D eigenvalue weighted by Crippen LogP contribution is -2.31. The zero-order chi connectivity index (χ0) is 20.1. The summed E-state index contributed by atoms with van der Waals surface area (Å²) in [7, 11) is 0. The van der Waals surface area contributed by atoms with Crippen LogP contribution in [0, 0.1) is 21.7 Å². The summed E-state index contributed by atoms with van der Waals surface area (Å²) in [5, 5.41) is 14.0. The number of hydrazine groups is 1. The predicted molar refractivity (Wildman–Crippen MR) is 93.7 cm³/mol. The normalized spacial score (nSPS) is 10.2. The van der Waals surface area contributed by atoms with Gasteiger partial charge in [-0.05, 0) is 24.3 Å². The van der Waals surface area contributed by atoms with E-state index in [1.165, 1.54) is 18.3 Å². The minimum absolute atomic E-state index is 0.0316. The summed E-state index contributed by atoms with van der Waals surface area (Å²) >= 11 is 0. The lowest BCUT2D eigenvalue weighted by Gasteiger charge is -2.11. The van der Waals surface area contributed by atoms with Crippen molar-refractivity contribution in [1.82, 2.24) is 20.4 Å². The van der Waals surface area contributed by atoms with Gasteiger partial charge in [-0.1, -0.05) is 6.07 Å². The van der Waals surface area contributed by atoms with Crippen LogP contribution in [0.2, 0.25) is 0 Å². The van der Waals surface area contributed by atoms with Crippen LogP contribution in [0.15, 0.2) is 48.9 Å². The molecule has 3 N–H and O–H groups in total.